The van der Waals surface area contributed by atoms with Gasteiger partial charge in [-0.2, -0.15) is 0 Å². The van der Waals surface area contributed by atoms with Crippen molar-refractivity contribution in [3.63, 3.8) is 0 Å². The van der Waals surface area contributed by atoms with E-state index in [-0.39, 0.29) is 121 Å². The predicted molar refractivity (Wildman–Crippen MR) is 337 cm³/mol. The highest BCUT2D eigenvalue weighted by Crippen LogP contribution is 2.41. The van der Waals surface area contributed by atoms with Crippen molar-refractivity contribution >= 4 is 77.0 Å². The highest BCUT2D eigenvalue weighted by atomic mass is 16.4. The number of fused-ring (bicyclic) bond motifs is 4. The van der Waals surface area contributed by atoms with Gasteiger partial charge in [0.25, 0.3) is 0 Å². The van der Waals surface area contributed by atoms with Crippen molar-refractivity contribution in [2.45, 2.75) is 195 Å². The number of aliphatic imine (C=N–C) groups is 2. The third-order valence-electron chi connectivity index (χ3n) is 18.5. The number of nitrogens with one attached hydrogen (secondary N) is 6. The molecule has 6 aliphatic rings. The van der Waals surface area contributed by atoms with Crippen molar-refractivity contribution < 1.29 is 57.8 Å². The van der Waals surface area contributed by atoms with Crippen LogP contribution in [-0.4, -0.2) is 201 Å². The zero-order valence-electron chi connectivity index (χ0n) is 52.1. The molecular weight excluding hydrogens is 1190 g/mol. The lowest BCUT2D eigenvalue weighted by Crippen LogP contribution is -2.62. The summed E-state index contributed by atoms with van der Waals surface area (Å²) in [6.45, 7) is 0.0956. The van der Waals surface area contributed by atoms with E-state index in [0.717, 1.165) is 24.8 Å². The van der Waals surface area contributed by atoms with Gasteiger partial charge in [0.15, 0.2) is 11.9 Å². The molecule has 11 atom stereocenters. The maximum atomic E-state index is 15.7. The zero-order valence-corrected chi connectivity index (χ0v) is 52.1. The third-order valence-corrected chi connectivity index (χ3v) is 18.5. The molecule has 29 heteroatoms. The van der Waals surface area contributed by atoms with E-state index in [2.05, 4.69) is 41.9 Å². The maximum absolute atomic E-state index is 15.7. The Bertz CT molecular complexity index is 3070. The predicted octanol–water partition coefficient (Wildman–Crippen LogP) is -2.02. The molecule has 5 aliphatic heterocycles. The summed E-state index contributed by atoms with van der Waals surface area (Å²) in [5, 5.41) is 26.8. The molecule has 17 N–H and O–H groups in total. The second kappa shape index (κ2) is 32.9. The molecule has 0 radical (unpaired) electrons. The molecule has 4 saturated heterocycles. The van der Waals surface area contributed by atoms with Crippen LogP contribution in [0.3, 0.4) is 0 Å². The Balaban J connectivity index is 1.07. The number of amides is 10. The Morgan fingerprint density at radius 1 is 0.641 bits per heavy atom. The molecule has 5 heterocycles. The minimum atomic E-state index is -1.50. The van der Waals surface area contributed by atoms with E-state index in [0.29, 0.717) is 56.1 Å². The lowest BCUT2D eigenvalue weighted by Gasteiger charge is -2.42. The average molecular weight is 1280 g/mol. The third kappa shape index (κ3) is 18.2. The normalized spacial score (nSPS) is 26.8. The summed E-state index contributed by atoms with van der Waals surface area (Å²) in [6, 6.07) is 4.98. The fourth-order valence-corrected chi connectivity index (χ4v) is 13.7. The molecule has 1 saturated carbocycles. The van der Waals surface area contributed by atoms with E-state index in [1.807, 2.05) is 18.2 Å². The number of carboxylic acids is 1. The fraction of sp³-hybridized carbons (Fsp3) is 0.603. The van der Waals surface area contributed by atoms with Crippen LogP contribution in [0, 0.1) is 5.92 Å². The number of guanidine groups is 2. The van der Waals surface area contributed by atoms with Crippen LogP contribution in [-0.2, 0) is 72.1 Å². The highest BCUT2D eigenvalue weighted by molar-refractivity contribution is 5.99. The number of hydrogen-bond acceptors (Lipinski definition) is 14. The van der Waals surface area contributed by atoms with Crippen LogP contribution < -0.4 is 60.6 Å². The van der Waals surface area contributed by atoms with Gasteiger partial charge in [-0.1, -0.05) is 67.4 Å². The first-order valence-electron chi connectivity index (χ1n) is 32.4. The van der Waals surface area contributed by atoms with Gasteiger partial charge < -0.3 is 85.3 Å². The van der Waals surface area contributed by atoms with Gasteiger partial charge in [-0.25, -0.2) is 4.79 Å². The van der Waals surface area contributed by atoms with E-state index in [1.54, 1.807) is 41.3 Å². The van der Waals surface area contributed by atoms with Crippen LogP contribution in [0.25, 0.3) is 0 Å². The number of likely N-dealkylation sites (tertiary alicyclic amines) is 1. The van der Waals surface area contributed by atoms with Gasteiger partial charge in [-0.05, 0) is 119 Å². The first-order chi connectivity index (χ1) is 44.2. The number of nitrogens with zero attached hydrogens (tertiary/aromatic N) is 6. The van der Waals surface area contributed by atoms with Crippen molar-refractivity contribution in [3.05, 3.63) is 71.3 Å². The van der Waals surface area contributed by atoms with Crippen LogP contribution in [0.1, 0.15) is 132 Å². The SMILES string of the molecule is NC(N)=NCCC[C@H](NC(=O)C1CC2CCCCC2N1C(=O)[C@H]1Cc2ccccc2CN1C(=O)[C@@H]1CCC(=O)NCCCC[C@@H](N)C(=O)N[C@@H](CCCN=C(N)N)C(=O)N2CCC[C@H]2C(=O)N2CCC[C@H]2C(=O)NCC(=O)N[C@@H](Cc2ccccc2)C(=O)N1)C(=O)O. The lowest BCUT2D eigenvalue weighted by molar-refractivity contribution is -0.153. The number of hydrogen-bond donors (Lipinski definition) is 12. The van der Waals surface area contributed by atoms with E-state index in [9.17, 15) is 43.5 Å². The Labute approximate surface area is 534 Å². The van der Waals surface area contributed by atoms with Crippen LogP contribution in [0.15, 0.2) is 64.6 Å². The summed E-state index contributed by atoms with van der Waals surface area (Å²) in [7, 11) is 0. The largest absolute Gasteiger partial charge is 0.480 e. The molecule has 2 aromatic carbocycles. The van der Waals surface area contributed by atoms with Gasteiger partial charge in [0.1, 0.15) is 48.3 Å². The minimum absolute atomic E-state index is 0.00178. The summed E-state index contributed by atoms with van der Waals surface area (Å²) in [4.78, 5) is 172. The molecule has 10 amide bonds. The molecule has 500 valence electrons. The molecule has 0 bridgehead atoms. The monoisotopic (exact) mass is 1280 g/mol. The number of rotatable bonds is 15. The molecule has 1 aliphatic carbocycles. The Morgan fingerprint density at radius 3 is 2.02 bits per heavy atom. The molecular formula is C63H91N17O12. The Kier molecular flexibility index (Phi) is 24.7. The number of carbonyl (C=O) groups excluding carboxylic acids is 10. The Morgan fingerprint density at radius 2 is 1.30 bits per heavy atom. The molecule has 0 spiro atoms. The summed E-state index contributed by atoms with van der Waals surface area (Å²) in [5.41, 5.74) is 30.6. The van der Waals surface area contributed by atoms with Crippen molar-refractivity contribution in [1.29, 1.82) is 0 Å². The van der Waals surface area contributed by atoms with Gasteiger partial charge in [0.05, 0.1) is 12.6 Å². The van der Waals surface area contributed by atoms with Gasteiger partial charge in [0.2, 0.25) is 59.1 Å². The van der Waals surface area contributed by atoms with Gasteiger partial charge >= 0.3 is 5.97 Å². The quantitative estimate of drug-likeness (QED) is 0.0520. The average Bonchev–Trinajstić information content (AvgIpc) is 1.52. The van der Waals surface area contributed by atoms with Crippen molar-refractivity contribution in [3.8, 4) is 0 Å². The molecule has 2 aromatic rings. The lowest BCUT2D eigenvalue weighted by atomic mass is 9.84. The molecule has 29 nitrogen and oxygen atoms in total. The molecule has 0 aromatic heterocycles. The fourth-order valence-electron chi connectivity index (χ4n) is 13.7. The summed E-state index contributed by atoms with van der Waals surface area (Å²) in [5.74, 6) is -7.92. The summed E-state index contributed by atoms with van der Waals surface area (Å²) in [6.07, 6.45) is 5.53. The molecule has 92 heavy (non-hydrogen) atoms. The second-order valence-electron chi connectivity index (χ2n) is 24.9. The van der Waals surface area contributed by atoms with E-state index in [4.69, 9.17) is 28.7 Å². The molecule has 8 rings (SSSR count). The van der Waals surface area contributed by atoms with Crippen molar-refractivity contribution in [2.24, 2.45) is 44.6 Å². The number of nitrogens with two attached hydrogens (primary N) is 5. The summed E-state index contributed by atoms with van der Waals surface area (Å²) >= 11 is 0. The first kappa shape index (κ1) is 69.0. The number of carboxylic acid groups (broad SMARTS) is 1. The Hall–Kier alpha value is -8.89. The van der Waals surface area contributed by atoms with Gasteiger partial charge in [0, 0.05) is 64.6 Å². The number of carbonyl (C=O) groups is 11. The van der Waals surface area contributed by atoms with E-state index in [1.165, 1.54) is 14.7 Å². The zero-order chi connectivity index (χ0) is 66.0. The first-order valence-corrected chi connectivity index (χ1v) is 32.4. The number of aliphatic carboxylic acids is 1. The van der Waals surface area contributed by atoms with Crippen molar-refractivity contribution in [2.75, 3.05) is 39.3 Å². The second-order valence-corrected chi connectivity index (χ2v) is 24.9. The van der Waals surface area contributed by atoms with E-state index >= 15 is 14.4 Å². The molecule has 3 unspecified atom stereocenters. The number of benzene rings is 2. The van der Waals surface area contributed by atoms with Gasteiger partial charge in [-0.15, -0.1) is 0 Å². The smallest absolute Gasteiger partial charge is 0.326 e. The van der Waals surface area contributed by atoms with Crippen LogP contribution in [0.5, 0.6) is 0 Å². The van der Waals surface area contributed by atoms with Crippen molar-refractivity contribution in [1.82, 2.24) is 51.5 Å². The molecule has 5 fully saturated rings. The van der Waals surface area contributed by atoms with E-state index < -0.39 is 132 Å². The van der Waals surface area contributed by atoms with Gasteiger partial charge in [-0.3, -0.25) is 57.9 Å². The van der Waals surface area contributed by atoms with Crippen LogP contribution >= 0.6 is 0 Å². The topological polar surface area (TPSA) is 448 Å². The highest BCUT2D eigenvalue weighted by Gasteiger charge is 2.52. The maximum Gasteiger partial charge on any atom is 0.326 e. The van der Waals surface area contributed by atoms with Crippen LogP contribution in [0.4, 0.5) is 0 Å². The standard InChI is InChI=1S/C63H91N17O12/c64-41-19-8-9-27-69-51(81)26-25-43(58(88)79-36-40-18-5-4-16-38(40)33-50(79)60(90)80-46-22-7-6-17-39(46)34-49(80)56(86)76-44(61(91)92)21-11-29-71-63(67)68)75-54(84)45(32-37-14-2-1-3-15-37)73-52(82)35-72-55(85)47-23-12-30-77(47)59(89)48-24-13-31-78(48)57(87)42(74-53(41)83)20-10-28-70-62(65)66/h1-5,14-16,18,39,41-50H,6-13,17,19-36,64H2,(H,69,81)(H,72,85)(H,73,82)(H,74,83)(H,75,84)(H,76,86)(H,91,92)(H4,65,66,70)(H4,67,68,71)/t39?,41-,42+,43+,44+,45+,46?,47+,48+,49?,50-/m1/s1. The van der Waals surface area contributed by atoms with Crippen LogP contribution in [0.2, 0.25) is 0 Å². The minimum Gasteiger partial charge on any atom is -0.480 e. The summed E-state index contributed by atoms with van der Waals surface area (Å²) < 4.78 is 0.